The second-order valence-corrected chi connectivity index (χ2v) is 6.59. The number of hydrogen-bond acceptors (Lipinski definition) is 4. The maximum atomic E-state index is 12.5. The van der Waals surface area contributed by atoms with E-state index >= 15 is 0 Å². The average Bonchev–Trinajstić information content (AvgIpc) is 2.67. The number of furan rings is 1. The van der Waals surface area contributed by atoms with Gasteiger partial charge < -0.3 is 10.2 Å². The van der Waals surface area contributed by atoms with E-state index in [1.165, 1.54) is 10.4 Å². The fourth-order valence-electron chi connectivity index (χ4n) is 1.51. The third-order valence-corrected chi connectivity index (χ3v) is 5.28. The first-order valence-electron chi connectivity index (χ1n) is 5.45. The standard InChI is InChI=1S/C11H17BrN2O3S/c1-4-5-14(8(2)3)18(15,16)10-6-9(7-13)17-11(10)12/h4,6,8H,1,5,7,13H2,2-3H3. The van der Waals surface area contributed by atoms with E-state index in [1.54, 1.807) is 19.9 Å². The molecule has 102 valence electrons. The quantitative estimate of drug-likeness (QED) is 0.807. The first-order valence-corrected chi connectivity index (χ1v) is 7.69. The largest absolute Gasteiger partial charge is 0.452 e. The van der Waals surface area contributed by atoms with Gasteiger partial charge in [-0.1, -0.05) is 6.08 Å². The van der Waals surface area contributed by atoms with E-state index < -0.39 is 10.0 Å². The van der Waals surface area contributed by atoms with E-state index in [0.29, 0.717) is 5.76 Å². The highest BCUT2D eigenvalue weighted by molar-refractivity contribution is 9.10. The molecule has 1 rings (SSSR count). The van der Waals surface area contributed by atoms with Crippen LogP contribution in [0.1, 0.15) is 19.6 Å². The molecular formula is C11H17BrN2O3S. The summed E-state index contributed by atoms with van der Waals surface area (Å²) in [7, 11) is -3.62. The van der Waals surface area contributed by atoms with Gasteiger partial charge in [-0.2, -0.15) is 4.31 Å². The first-order chi connectivity index (χ1) is 8.34. The predicted molar refractivity (Wildman–Crippen MR) is 73.5 cm³/mol. The Balaban J connectivity index is 3.25. The van der Waals surface area contributed by atoms with E-state index in [4.69, 9.17) is 10.2 Å². The van der Waals surface area contributed by atoms with Gasteiger partial charge in [0.15, 0.2) is 4.67 Å². The third-order valence-electron chi connectivity index (χ3n) is 2.38. The minimum Gasteiger partial charge on any atom is -0.452 e. The van der Waals surface area contributed by atoms with Gasteiger partial charge in [0.05, 0.1) is 6.54 Å². The van der Waals surface area contributed by atoms with E-state index in [9.17, 15) is 8.42 Å². The molecule has 18 heavy (non-hydrogen) atoms. The molecule has 0 aromatic carbocycles. The molecule has 1 aromatic rings. The molecule has 0 saturated carbocycles. The van der Waals surface area contributed by atoms with Crippen molar-refractivity contribution >= 4 is 26.0 Å². The van der Waals surface area contributed by atoms with Gasteiger partial charge in [-0.05, 0) is 29.8 Å². The molecule has 0 bridgehead atoms. The summed E-state index contributed by atoms with van der Waals surface area (Å²) in [6.45, 7) is 7.58. The second kappa shape index (κ2) is 6.01. The number of nitrogens with two attached hydrogens (primary N) is 1. The lowest BCUT2D eigenvalue weighted by molar-refractivity contribution is 0.381. The SMILES string of the molecule is C=CCN(C(C)C)S(=O)(=O)c1cc(CN)oc1Br. The van der Waals surface area contributed by atoms with Crippen molar-refractivity contribution in [3.63, 3.8) is 0 Å². The third kappa shape index (κ3) is 3.03. The summed E-state index contributed by atoms with van der Waals surface area (Å²) in [4.78, 5) is 0.0958. The summed E-state index contributed by atoms with van der Waals surface area (Å²) >= 11 is 3.11. The predicted octanol–water partition coefficient (Wildman–Crippen LogP) is 2.09. The van der Waals surface area contributed by atoms with Crippen LogP contribution in [-0.4, -0.2) is 25.3 Å². The number of sulfonamides is 1. The van der Waals surface area contributed by atoms with Gasteiger partial charge in [0.2, 0.25) is 10.0 Å². The van der Waals surface area contributed by atoms with Gasteiger partial charge in [-0.15, -0.1) is 6.58 Å². The van der Waals surface area contributed by atoms with Crippen LogP contribution in [0.2, 0.25) is 0 Å². The van der Waals surface area contributed by atoms with E-state index in [0.717, 1.165) is 0 Å². The normalized spacial score (nSPS) is 12.3. The maximum absolute atomic E-state index is 12.5. The molecule has 0 aliphatic heterocycles. The van der Waals surface area contributed by atoms with Crippen molar-refractivity contribution in [3.8, 4) is 0 Å². The molecular weight excluding hydrogens is 320 g/mol. The Kier molecular flexibility index (Phi) is 5.15. The van der Waals surface area contributed by atoms with Crippen LogP contribution in [0.5, 0.6) is 0 Å². The van der Waals surface area contributed by atoms with Crippen molar-refractivity contribution < 1.29 is 12.8 Å². The van der Waals surface area contributed by atoms with Crippen LogP contribution in [0.25, 0.3) is 0 Å². The van der Waals surface area contributed by atoms with Crippen molar-refractivity contribution in [1.82, 2.24) is 4.31 Å². The minimum absolute atomic E-state index is 0.0958. The van der Waals surface area contributed by atoms with Crippen molar-refractivity contribution in [1.29, 1.82) is 0 Å². The smallest absolute Gasteiger partial charge is 0.247 e. The van der Waals surface area contributed by atoms with Crippen molar-refractivity contribution in [2.24, 2.45) is 5.73 Å². The molecule has 0 fully saturated rings. The Bertz CT molecular complexity index is 522. The number of nitrogens with zero attached hydrogens (tertiary/aromatic N) is 1. The maximum Gasteiger partial charge on any atom is 0.247 e. The van der Waals surface area contributed by atoms with Crippen molar-refractivity contribution in [2.75, 3.05) is 6.54 Å². The lowest BCUT2D eigenvalue weighted by atomic mass is 10.4. The zero-order valence-electron chi connectivity index (χ0n) is 10.4. The second-order valence-electron chi connectivity index (χ2n) is 4.01. The Morgan fingerprint density at radius 3 is 2.61 bits per heavy atom. The zero-order chi connectivity index (χ0) is 13.9. The molecule has 2 N–H and O–H groups in total. The lowest BCUT2D eigenvalue weighted by Gasteiger charge is -2.23. The molecule has 0 unspecified atom stereocenters. The molecule has 0 amide bonds. The highest BCUT2D eigenvalue weighted by atomic mass is 79.9. The number of rotatable bonds is 6. The van der Waals surface area contributed by atoms with Gasteiger partial charge in [0.1, 0.15) is 10.7 Å². The highest BCUT2D eigenvalue weighted by Gasteiger charge is 2.30. The fraction of sp³-hybridized carbons (Fsp3) is 0.455. The van der Waals surface area contributed by atoms with Gasteiger partial charge in [-0.3, -0.25) is 0 Å². The summed E-state index contributed by atoms with van der Waals surface area (Å²) in [5, 5.41) is 0. The first kappa shape index (κ1) is 15.4. The molecule has 0 atom stereocenters. The highest BCUT2D eigenvalue weighted by Crippen LogP contribution is 2.29. The number of halogens is 1. The molecule has 0 saturated heterocycles. The number of hydrogen-bond donors (Lipinski definition) is 1. The van der Waals surface area contributed by atoms with Crippen LogP contribution in [-0.2, 0) is 16.6 Å². The molecule has 0 aliphatic rings. The molecule has 0 radical (unpaired) electrons. The molecule has 7 heteroatoms. The average molecular weight is 337 g/mol. The topological polar surface area (TPSA) is 76.5 Å². The van der Waals surface area contributed by atoms with Gasteiger partial charge in [-0.25, -0.2) is 8.42 Å². The summed E-state index contributed by atoms with van der Waals surface area (Å²) in [5.74, 6) is 0.419. The lowest BCUT2D eigenvalue weighted by Crippen LogP contribution is -2.36. The molecule has 0 aliphatic carbocycles. The van der Waals surface area contributed by atoms with Crippen LogP contribution in [0.3, 0.4) is 0 Å². The van der Waals surface area contributed by atoms with Crippen molar-refractivity contribution in [2.45, 2.75) is 31.3 Å². The minimum atomic E-state index is -3.62. The summed E-state index contributed by atoms with van der Waals surface area (Å²) in [5.41, 5.74) is 5.43. The molecule has 1 aromatic heterocycles. The van der Waals surface area contributed by atoms with Crippen LogP contribution >= 0.6 is 15.9 Å². The summed E-state index contributed by atoms with van der Waals surface area (Å²) in [6, 6.07) is 1.27. The summed E-state index contributed by atoms with van der Waals surface area (Å²) in [6.07, 6.45) is 1.55. The van der Waals surface area contributed by atoms with Crippen LogP contribution < -0.4 is 5.73 Å². The van der Waals surface area contributed by atoms with Gasteiger partial charge in [0.25, 0.3) is 0 Å². The Morgan fingerprint density at radius 1 is 1.61 bits per heavy atom. The van der Waals surface area contributed by atoms with Gasteiger partial charge >= 0.3 is 0 Å². The summed E-state index contributed by atoms with van der Waals surface area (Å²) < 4.78 is 31.7. The van der Waals surface area contributed by atoms with Crippen molar-refractivity contribution in [3.05, 3.63) is 29.2 Å². The Labute approximate surface area is 116 Å². The van der Waals surface area contributed by atoms with Crippen LogP contribution in [0.15, 0.2) is 32.7 Å². The van der Waals surface area contributed by atoms with E-state index in [-0.39, 0.29) is 28.7 Å². The monoisotopic (exact) mass is 336 g/mol. The van der Waals surface area contributed by atoms with E-state index in [1.807, 2.05) is 0 Å². The molecule has 0 spiro atoms. The fourth-order valence-corrected chi connectivity index (χ4v) is 4.08. The Hall–Kier alpha value is -0.630. The molecule has 5 nitrogen and oxygen atoms in total. The van der Waals surface area contributed by atoms with E-state index in [2.05, 4.69) is 22.5 Å². The zero-order valence-corrected chi connectivity index (χ0v) is 12.8. The van der Waals surface area contributed by atoms with Gasteiger partial charge in [0, 0.05) is 18.7 Å². The molecule has 1 heterocycles. The van der Waals surface area contributed by atoms with Crippen LogP contribution in [0, 0.1) is 0 Å². The van der Waals surface area contributed by atoms with Crippen LogP contribution in [0.4, 0.5) is 0 Å². The Morgan fingerprint density at radius 2 is 2.22 bits per heavy atom.